The van der Waals surface area contributed by atoms with E-state index in [1.807, 2.05) is 37.3 Å². The first-order chi connectivity index (χ1) is 10.1. The molecule has 112 valence electrons. The molecule has 0 saturated heterocycles. The molecule has 0 aliphatic carbocycles. The largest absolute Gasteiger partial charge is 0.467 e. The number of methoxy groups -OCH3 is 1. The van der Waals surface area contributed by atoms with Crippen molar-refractivity contribution in [2.45, 2.75) is 20.0 Å². The first kappa shape index (κ1) is 16.0. The van der Waals surface area contributed by atoms with E-state index in [0.29, 0.717) is 8.58 Å². The zero-order chi connectivity index (χ0) is 15.2. The van der Waals surface area contributed by atoms with E-state index in [9.17, 15) is 5.11 Å². The van der Waals surface area contributed by atoms with Crippen LogP contribution in [-0.4, -0.2) is 19.0 Å². The van der Waals surface area contributed by atoms with Crippen LogP contribution in [0.3, 0.4) is 0 Å². The van der Waals surface area contributed by atoms with Crippen LogP contribution in [0.5, 0.6) is 5.75 Å². The Kier molecular flexibility index (Phi) is 5.75. The molecule has 0 radical (unpaired) electrons. The number of hydrogen-bond acceptors (Lipinski definition) is 3. The molecule has 0 aliphatic rings. The van der Waals surface area contributed by atoms with E-state index in [1.54, 1.807) is 14.0 Å². The fourth-order valence-corrected chi connectivity index (χ4v) is 3.65. The third kappa shape index (κ3) is 4.04. The lowest BCUT2D eigenvalue weighted by Crippen LogP contribution is -2.14. The Morgan fingerprint density at radius 1 is 1.10 bits per heavy atom. The third-order valence-corrected chi connectivity index (χ3v) is 4.60. The van der Waals surface area contributed by atoms with E-state index >= 15 is 0 Å². The summed E-state index contributed by atoms with van der Waals surface area (Å²) in [5.41, 5.74) is 2.06. The maximum absolute atomic E-state index is 9.90. The average molecular weight is 304 g/mol. The van der Waals surface area contributed by atoms with Crippen molar-refractivity contribution in [3.05, 3.63) is 53.6 Å². The van der Waals surface area contributed by atoms with Crippen molar-refractivity contribution in [1.29, 1.82) is 0 Å². The Morgan fingerprint density at radius 3 is 2.52 bits per heavy atom. The van der Waals surface area contributed by atoms with Gasteiger partial charge in [-0.2, -0.15) is 0 Å². The lowest BCUT2D eigenvalue weighted by molar-refractivity contribution is 0.0514. The molecule has 1 N–H and O–H groups in total. The normalized spacial score (nSPS) is 12.8. The van der Waals surface area contributed by atoms with Gasteiger partial charge in [0.1, 0.15) is 5.75 Å². The highest BCUT2D eigenvalue weighted by Crippen LogP contribution is 2.25. The molecule has 3 nitrogen and oxygen atoms in total. The highest BCUT2D eigenvalue weighted by molar-refractivity contribution is 7.55. The smallest absolute Gasteiger partial charge is 0.188 e. The molecular weight excluding hydrogens is 283 g/mol. The van der Waals surface area contributed by atoms with E-state index in [1.165, 1.54) is 0 Å². The molecule has 0 bridgehead atoms. The van der Waals surface area contributed by atoms with Crippen molar-refractivity contribution in [3.63, 3.8) is 0 Å². The monoisotopic (exact) mass is 304 g/mol. The molecule has 0 saturated carbocycles. The average Bonchev–Trinajstić information content (AvgIpc) is 2.47. The second-order valence-electron chi connectivity index (χ2n) is 4.89. The molecular formula is C17H21O3P. The maximum atomic E-state index is 9.90. The summed E-state index contributed by atoms with van der Waals surface area (Å²) in [6, 6.07) is 14.1. The Labute approximate surface area is 127 Å². The highest BCUT2D eigenvalue weighted by atomic mass is 31.1. The Morgan fingerprint density at radius 2 is 1.81 bits per heavy atom. The summed E-state index contributed by atoms with van der Waals surface area (Å²) in [6.07, 6.45) is -0.471. The fourth-order valence-electron chi connectivity index (χ4n) is 2.18. The summed E-state index contributed by atoms with van der Waals surface area (Å²) in [6.45, 7) is 4.06. The van der Waals surface area contributed by atoms with Crippen LogP contribution in [0, 0.1) is 6.92 Å². The number of benzene rings is 2. The molecule has 0 fully saturated rings. The lowest BCUT2D eigenvalue weighted by Gasteiger charge is -2.16. The molecule has 0 aromatic heterocycles. The van der Waals surface area contributed by atoms with Gasteiger partial charge >= 0.3 is 0 Å². The van der Waals surface area contributed by atoms with Gasteiger partial charge in [-0.3, -0.25) is 0 Å². The van der Waals surface area contributed by atoms with Crippen molar-refractivity contribution in [2.75, 3.05) is 13.9 Å². The predicted octanol–water partition coefficient (Wildman–Crippen LogP) is 2.66. The minimum atomic E-state index is -0.471. The second kappa shape index (κ2) is 7.56. The third-order valence-electron chi connectivity index (χ3n) is 3.21. The van der Waals surface area contributed by atoms with E-state index < -0.39 is 6.10 Å². The van der Waals surface area contributed by atoms with Crippen LogP contribution in [0.15, 0.2) is 42.5 Å². The summed E-state index contributed by atoms with van der Waals surface area (Å²) in [5, 5.41) is 12.2. The molecule has 2 aromatic rings. The van der Waals surface area contributed by atoms with Crippen LogP contribution < -0.4 is 15.3 Å². The molecule has 2 rings (SSSR count). The van der Waals surface area contributed by atoms with Gasteiger partial charge in [0.2, 0.25) is 0 Å². The first-order valence-corrected chi connectivity index (χ1v) is 7.89. The molecule has 0 aliphatic heterocycles. The summed E-state index contributed by atoms with van der Waals surface area (Å²) in [7, 11) is 2.05. The van der Waals surface area contributed by atoms with E-state index in [4.69, 9.17) is 9.47 Å². The minimum Gasteiger partial charge on any atom is -0.467 e. The number of ether oxygens (including phenoxy) is 2. The van der Waals surface area contributed by atoms with E-state index in [-0.39, 0.29) is 6.79 Å². The van der Waals surface area contributed by atoms with Crippen molar-refractivity contribution in [1.82, 2.24) is 0 Å². The number of rotatable bonds is 6. The van der Waals surface area contributed by atoms with Crippen LogP contribution in [0.25, 0.3) is 0 Å². The summed E-state index contributed by atoms with van der Waals surface area (Å²) in [5.74, 6) is 0.873. The topological polar surface area (TPSA) is 38.7 Å². The quantitative estimate of drug-likeness (QED) is 0.659. The molecule has 2 unspecified atom stereocenters. The zero-order valence-corrected chi connectivity index (χ0v) is 13.6. The summed E-state index contributed by atoms with van der Waals surface area (Å²) >= 11 is 0. The molecule has 0 amide bonds. The van der Waals surface area contributed by atoms with Crippen LogP contribution in [0.2, 0.25) is 0 Å². The summed E-state index contributed by atoms with van der Waals surface area (Å²) in [4.78, 5) is 0. The van der Waals surface area contributed by atoms with Crippen LogP contribution >= 0.6 is 8.58 Å². The van der Waals surface area contributed by atoms with Gasteiger partial charge in [-0.1, -0.05) is 51.0 Å². The molecule has 4 heteroatoms. The molecule has 2 aromatic carbocycles. The van der Waals surface area contributed by atoms with E-state index in [0.717, 1.165) is 27.5 Å². The lowest BCUT2D eigenvalue weighted by atomic mass is 10.1. The standard InChI is InChI=1S/C17H21O3P/c1-12-7-6-10-16(17(12)20-11-19-3)21-15-9-5-4-8-14(15)13(2)18/h4-10,13,18,21H,11H2,1-3H3. The van der Waals surface area contributed by atoms with Gasteiger partial charge in [0.25, 0.3) is 0 Å². The van der Waals surface area contributed by atoms with Crippen LogP contribution in [0.4, 0.5) is 0 Å². The van der Waals surface area contributed by atoms with Crippen molar-refractivity contribution < 1.29 is 14.6 Å². The van der Waals surface area contributed by atoms with Gasteiger partial charge in [-0.25, -0.2) is 0 Å². The SMILES string of the molecule is COCOc1c(C)cccc1Pc1ccccc1C(C)O. The van der Waals surface area contributed by atoms with Crippen molar-refractivity contribution in [2.24, 2.45) is 0 Å². The predicted molar refractivity (Wildman–Crippen MR) is 88.3 cm³/mol. The number of aryl methyl sites for hydroxylation is 1. The number of aliphatic hydroxyl groups excluding tert-OH is 1. The van der Waals surface area contributed by atoms with Gasteiger partial charge in [0.05, 0.1) is 6.10 Å². The van der Waals surface area contributed by atoms with E-state index in [2.05, 4.69) is 12.1 Å². The van der Waals surface area contributed by atoms with Gasteiger partial charge in [0, 0.05) is 12.4 Å². The Bertz CT molecular complexity index is 596. The molecule has 0 spiro atoms. The number of para-hydroxylation sites is 1. The van der Waals surface area contributed by atoms with Crippen LogP contribution in [0.1, 0.15) is 24.2 Å². The number of aliphatic hydroxyl groups is 1. The Balaban J connectivity index is 2.33. The zero-order valence-electron chi connectivity index (χ0n) is 12.6. The highest BCUT2D eigenvalue weighted by Gasteiger charge is 2.12. The molecule has 21 heavy (non-hydrogen) atoms. The molecule has 0 heterocycles. The fraction of sp³-hybridized carbons (Fsp3) is 0.294. The van der Waals surface area contributed by atoms with Crippen LogP contribution in [-0.2, 0) is 4.74 Å². The van der Waals surface area contributed by atoms with Crippen molar-refractivity contribution >= 4 is 19.2 Å². The maximum Gasteiger partial charge on any atom is 0.188 e. The number of hydrogen-bond donors (Lipinski definition) is 1. The first-order valence-electron chi connectivity index (χ1n) is 6.89. The van der Waals surface area contributed by atoms with Gasteiger partial charge < -0.3 is 14.6 Å². The van der Waals surface area contributed by atoms with Gasteiger partial charge in [0.15, 0.2) is 6.79 Å². The second-order valence-corrected chi connectivity index (χ2v) is 6.22. The summed E-state index contributed by atoms with van der Waals surface area (Å²) < 4.78 is 10.7. The van der Waals surface area contributed by atoms with Gasteiger partial charge in [-0.05, 0) is 30.3 Å². The Hall–Kier alpha value is -1.41. The molecule has 2 atom stereocenters. The van der Waals surface area contributed by atoms with Gasteiger partial charge in [-0.15, -0.1) is 0 Å². The van der Waals surface area contributed by atoms with Crippen molar-refractivity contribution in [3.8, 4) is 5.75 Å². The minimum absolute atomic E-state index is 0.236.